The van der Waals surface area contributed by atoms with Crippen molar-refractivity contribution in [3.8, 4) is 0 Å². The second-order valence-electron chi connectivity index (χ2n) is 4.71. The Labute approximate surface area is 173 Å². The third kappa shape index (κ3) is 66.2. The van der Waals surface area contributed by atoms with E-state index in [4.69, 9.17) is 9.79 Å². The number of hydrogen-bond acceptors (Lipinski definition) is 1. The van der Waals surface area contributed by atoms with Gasteiger partial charge in [-0.2, -0.15) is 49.2 Å². The van der Waals surface area contributed by atoms with Crippen LogP contribution in [0.2, 0.25) is 0 Å². The quantitative estimate of drug-likeness (QED) is 0.157. The molecule has 0 spiro atoms. The molecule has 0 amide bonds. The summed E-state index contributed by atoms with van der Waals surface area (Å²) in [6, 6.07) is 12.5. The first-order valence-electron chi connectivity index (χ1n) is 8.11. The topological polar surface area (TPSA) is 40.5 Å². The molecular weight excluding hydrogens is 409 g/mol. The molecule has 2 N–H and O–H groups in total. The second-order valence-corrected chi connectivity index (χ2v) is 9.75. The van der Waals surface area contributed by atoms with Gasteiger partial charge in [-0.15, -0.1) is 0 Å². The summed E-state index contributed by atoms with van der Waals surface area (Å²) >= 11 is 7.07. The van der Waals surface area contributed by atoms with Crippen LogP contribution >= 0.6 is 17.9 Å². The first-order valence-corrected chi connectivity index (χ1v) is 12.0. The molecular formula is C18H34O2PS2Zn-3. The molecule has 1 aromatic rings. The zero-order valence-corrected chi connectivity index (χ0v) is 20.9. The maximum Gasteiger partial charge on any atom is 0.239 e. The van der Waals surface area contributed by atoms with Gasteiger partial charge in [0.05, 0.1) is 0 Å². The first-order chi connectivity index (χ1) is 10.8. The van der Waals surface area contributed by atoms with Gasteiger partial charge < -0.3 is 23.6 Å². The molecule has 0 aliphatic rings. The maximum absolute atomic E-state index is 7.87. The van der Waals surface area contributed by atoms with E-state index in [1.54, 1.807) is 0 Å². The minimum absolute atomic E-state index is 0. The molecule has 0 radical (unpaired) electrons. The molecule has 2 nitrogen and oxygen atoms in total. The van der Waals surface area contributed by atoms with Crippen LogP contribution in [0.3, 0.4) is 0 Å². The van der Waals surface area contributed by atoms with E-state index < -0.39 is 5.69 Å². The fourth-order valence-corrected chi connectivity index (χ4v) is 1.20. The SMILES string of the molecule is OP(O)(=S)S.[CH2-]CCCCC.[CH2-]CCCCC.[Zn].[c-]1ccccc1. The van der Waals surface area contributed by atoms with Crippen molar-refractivity contribution in [2.24, 2.45) is 0 Å². The van der Waals surface area contributed by atoms with E-state index in [2.05, 4.69) is 57.8 Å². The summed E-state index contributed by atoms with van der Waals surface area (Å²) < 4.78 is 0. The van der Waals surface area contributed by atoms with E-state index >= 15 is 0 Å². The van der Waals surface area contributed by atoms with Gasteiger partial charge in [0.15, 0.2) is 0 Å². The van der Waals surface area contributed by atoms with E-state index in [0.717, 1.165) is 12.8 Å². The van der Waals surface area contributed by atoms with Gasteiger partial charge in [0.1, 0.15) is 0 Å². The molecule has 0 saturated carbocycles. The van der Waals surface area contributed by atoms with Crippen molar-refractivity contribution in [1.82, 2.24) is 0 Å². The van der Waals surface area contributed by atoms with Crippen molar-refractivity contribution >= 4 is 29.7 Å². The number of rotatable bonds is 6. The predicted molar refractivity (Wildman–Crippen MR) is 112 cm³/mol. The summed E-state index contributed by atoms with van der Waals surface area (Å²) in [5.41, 5.74) is -3.11. The van der Waals surface area contributed by atoms with Crippen LogP contribution in [-0.2, 0) is 31.3 Å². The standard InChI is InChI=1S/C6H5.2C6H13.H3O2PS2.Zn/c1-2-4-6-5-3-1;2*1-3-5-6-4-2;1-3(2,4)5;/h1-5H;2*1,3-6H2,2H3;(H3,1,2,4,5);/q3*-1;;. The first kappa shape index (κ1) is 32.4. The molecule has 0 fully saturated rings. The molecule has 0 unspecified atom stereocenters. The van der Waals surface area contributed by atoms with Gasteiger partial charge in [-0.3, -0.25) is 0 Å². The van der Waals surface area contributed by atoms with Crippen molar-refractivity contribution in [2.45, 2.75) is 65.2 Å². The Morgan fingerprint density at radius 2 is 1.25 bits per heavy atom. The zero-order valence-electron chi connectivity index (χ0n) is 15.4. The van der Waals surface area contributed by atoms with Gasteiger partial charge in [0.2, 0.25) is 5.69 Å². The minimum Gasteiger partial charge on any atom is -0.343 e. The van der Waals surface area contributed by atoms with Crippen molar-refractivity contribution in [2.75, 3.05) is 0 Å². The summed E-state index contributed by atoms with van der Waals surface area (Å²) in [5, 5.41) is 0. The zero-order chi connectivity index (χ0) is 18.4. The fraction of sp³-hybridized carbons (Fsp3) is 0.556. The Hall–Kier alpha value is 0.763. The predicted octanol–water partition coefficient (Wildman–Crippen LogP) is 6.41. The van der Waals surface area contributed by atoms with E-state index in [-0.39, 0.29) is 19.5 Å². The van der Waals surface area contributed by atoms with Gasteiger partial charge >= 0.3 is 0 Å². The Bertz CT molecular complexity index is 284. The average Bonchev–Trinajstić information content (AvgIpc) is 2.52. The summed E-state index contributed by atoms with van der Waals surface area (Å²) in [6.07, 6.45) is 10.1. The monoisotopic (exact) mass is 441 g/mol. The van der Waals surface area contributed by atoms with E-state index in [1.807, 2.05) is 30.3 Å². The summed E-state index contributed by atoms with van der Waals surface area (Å²) in [4.78, 5) is 15.7. The number of hydrogen-bond donors (Lipinski definition) is 3. The van der Waals surface area contributed by atoms with Crippen LogP contribution in [0, 0.1) is 19.9 Å². The maximum atomic E-state index is 7.87. The Morgan fingerprint density at radius 3 is 1.33 bits per heavy atom. The van der Waals surface area contributed by atoms with Crippen molar-refractivity contribution in [3.63, 3.8) is 0 Å². The van der Waals surface area contributed by atoms with Crippen LogP contribution in [0.1, 0.15) is 65.2 Å². The normalized spacial score (nSPS) is 8.96. The Balaban J connectivity index is -0.000000110. The smallest absolute Gasteiger partial charge is 0.239 e. The molecule has 0 bridgehead atoms. The van der Waals surface area contributed by atoms with Crippen LogP contribution < -0.4 is 0 Å². The van der Waals surface area contributed by atoms with Crippen molar-refractivity contribution < 1.29 is 29.3 Å². The average molecular weight is 443 g/mol. The number of unbranched alkanes of at least 4 members (excludes halogenated alkanes) is 6. The Morgan fingerprint density at radius 1 is 0.917 bits per heavy atom. The molecule has 0 atom stereocenters. The van der Waals surface area contributed by atoms with Crippen LogP contribution in [0.4, 0.5) is 0 Å². The van der Waals surface area contributed by atoms with Crippen molar-refractivity contribution in [1.29, 1.82) is 0 Å². The van der Waals surface area contributed by atoms with Crippen LogP contribution in [0.25, 0.3) is 0 Å². The Kier molecular flexibility index (Phi) is 38.6. The molecule has 1 aromatic carbocycles. The van der Waals surface area contributed by atoms with Crippen LogP contribution in [0.15, 0.2) is 30.3 Å². The molecule has 6 heteroatoms. The summed E-state index contributed by atoms with van der Waals surface area (Å²) in [7, 11) is 0. The van der Waals surface area contributed by atoms with Crippen LogP contribution in [-0.4, -0.2) is 9.79 Å². The van der Waals surface area contributed by atoms with Gasteiger partial charge in [-0.05, 0) is 11.8 Å². The molecule has 1 rings (SSSR count). The van der Waals surface area contributed by atoms with E-state index in [0.29, 0.717) is 0 Å². The third-order valence-electron chi connectivity index (χ3n) is 2.31. The minimum atomic E-state index is -3.11. The van der Waals surface area contributed by atoms with Crippen LogP contribution in [0.5, 0.6) is 0 Å². The molecule has 140 valence electrons. The van der Waals surface area contributed by atoms with Gasteiger partial charge in [-0.1, -0.05) is 64.6 Å². The molecule has 0 aliphatic heterocycles. The second kappa shape index (κ2) is 28.6. The van der Waals surface area contributed by atoms with E-state index in [9.17, 15) is 0 Å². The number of benzene rings is 1. The van der Waals surface area contributed by atoms with Gasteiger partial charge in [0, 0.05) is 19.5 Å². The molecule has 0 aromatic heterocycles. The molecule has 0 aliphatic carbocycles. The van der Waals surface area contributed by atoms with Gasteiger partial charge in [0.25, 0.3) is 0 Å². The largest absolute Gasteiger partial charge is 0.343 e. The molecule has 0 heterocycles. The summed E-state index contributed by atoms with van der Waals surface area (Å²) in [5.74, 6) is 0. The molecule has 0 saturated heterocycles. The van der Waals surface area contributed by atoms with Crippen molar-refractivity contribution in [3.05, 3.63) is 50.2 Å². The fourth-order valence-electron chi connectivity index (χ4n) is 1.20. The molecule has 24 heavy (non-hydrogen) atoms. The third-order valence-corrected chi connectivity index (χ3v) is 2.31. The van der Waals surface area contributed by atoms with E-state index in [1.165, 1.54) is 38.5 Å². The van der Waals surface area contributed by atoms with Gasteiger partial charge in [-0.25, -0.2) is 0 Å². The summed E-state index contributed by atoms with van der Waals surface area (Å²) in [6.45, 7) is 11.9. The number of thiol groups is 1.